The van der Waals surface area contributed by atoms with Crippen LogP contribution in [0, 0.1) is 24.4 Å². The molecule has 0 bridgehead atoms. The molecule has 1 aliphatic rings. The molecule has 28 heavy (non-hydrogen) atoms. The Bertz CT molecular complexity index is 941. The lowest BCUT2D eigenvalue weighted by molar-refractivity contribution is 0.444. The first-order valence-electron chi connectivity index (χ1n) is 8.96. The molecule has 0 saturated carbocycles. The zero-order valence-corrected chi connectivity index (χ0v) is 16.0. The first kappa shape index (κ1) is 18.7. The number of nitrogens with one attached hydrogen (secondary N) is 1. The standard InChI is InChI=1S/C18H19F3N6S/c1-11-22-18(28-25-11)26-5-2-13(3-6-26)23-16-4-7-27(24-16)10-12-8-14(19)17(21)15(20)9-12/h4,7-9,13H,2-3,5-6,10H2,1H3,(H,23,24). The minimum absolute atomic E-state index is 0.157. The number of nitrogens with zero attached hydrogens (tertiary/aromatic N) is 5. The van der Waals surface area contributed by atoms with Gasteiger partial charge in [-0.2, -0.15) is 9.47 Å². The van der Waals surface area contributed by atoms with Gasteiger partial charge in [-0.25, -0.2) is 18.2 Å². The van der Waals surface area contributed by atoms with E-state index >= 15 is 0 Å². The maximum atomic E-state index is 13.3. The largest absolute Gasteiger partial charge is 0.366 e. The molecule has 0 unspecified atom stereocenters. The highest BCUT2D eigenvalue weighted by Crippen LogP contribution is 2.23. The summed E-state index contributed by atoms with van der Waals surface area (Å²) in [6.45, 7) is 3.83. The molecule has 0 amide bonds. The van der Waals surface area contributed by atoms with Crippen molar-refractivity contribution in [3.63, 3.8) is 0 Å². The van der Waals surface area contributed by atoms with E-state index in [2.05, 4.69) is 24.7 Å². The van der Waals surface area contributed by atoms with Crippen molar-refractivity contribution in [1.82, 2.24) is 19.1 Å². The van der Waals surface area contributed by atoms with E-state index in [0.29, 0.717) is 11.4 Å². The summed E-state index contributed by atoms with van der Waals surface area (Å²) in [6.07, 6.45) is 3.61. The van der Waals surface area contributed by atoms with E-state index in [-0.39, 0.29) is 12.6 Å². The van der Waals surface area contributed by atoms with Crippen LogP contribution in [-0.4, -0.2) is 38.3 Å². The van der Waals surface area contributed by atoms with Crippen molar-refractivity contribution >= 4 is 22.5 Å². The van der Waals surface area contributed by atoms with Crippen LogP contribution in [0.2, 0.25) is 0 Å². The molecular formula is C18H19F3N6S. The fraction of sp³-hybridized carbons (Fsp3) is 0.389. The van der Waals surface area contributed by atoms with Crippen molar-refractivity contribution in [2.75, 3.05) is 23.3 Å². The summed E-state index contributed by atoms with van der Waals surface area (Å²) in [7, 11) is 0. The minimum atomic E-state index is -1.46. The SMILES string of the molecule is Cc1nsc(N2CCC(Nc3ccn(Cc4cc(F)c(F)c(F)c4)n3)CC2)n1. The molecule has 1 N–H and O–H groups in total. The first-order valence-corrected chi connectivity index (χ1v) is 9.74. The molecule has 1 aromatic carbocycles. The second-order valence-corrected chi connectivity index (χ2v) is 7.53. The maximum Gasteiger partial charge on any atom is 0.205 e. The smallest absolute Gasteiger partial charge is 0.205 e. The predicted molar refractivity (Wildman–Crippen MR) is 101 cm³/mol. The molecule has 4 rings (SSSR count). The van der Waals surface area contributed by atoms with Crippen molar-refractivity contribution in [1.29, 1.82) is 0 Å². The highest BCUT2D eigenvalue weighted by molar-refractivity contribution is 7.09. The summed E-state index contributed by atoms with van der Waals surface area (Å²) in [5.74, 6) is -2.35. The minimum Gasteiger partial charge on any atom is -0.366 e. The van der Waals surface area contributed by atoms with Crippen LogP contribution in [0.5, 0.6) is 0 Å². The molecule has 0 atom stereocenters. The normalized spacial score (nSPS) is 15.2. The van der Waals surface area contributed by atoms with Gasteiger partial charge in [0.15, 0.2) is 17.5 Å². The van der Waals surface area contributed by atoms with Crippen LogP contribution in [0.3, 0.4) is 0 Å². The number of halogens is 3. The van der Waals surface area contributed by atoms with E-state index in [4.69, 9.17) is 0 Å². The van der Waals surface area contributed by atoms with Gasteiger partial charge in [-0.15, -0.1) is 0 Å². The number of piperidine rings is 1. The van der Waals surface area contributed by atoms with Gasteiger partial charge in [0.1, 0.15) is 11.6 Å². The fourth-order valence-electron chi connectivity index (χ4n) is 3.25. The van der Waals surface area contributed by atoms with Crippen LogP contribution in [0.4, 0.5) is 24.1 Å². The molecule has 3 heterocycles. The van der Waals surface area contributed by atoms with Crippen LogP contribution >= 0.6 is 11.5 Å². The number of rotatable bonds is 5. The number of benzene rings is 1. The molecular weight excluding hydrogens is 389 g/mol. The zero-order valence-electron chi connectivity index (χ0n) is 15.2. The van der Waals surface area contributed by atoms with Crippen molar-refractivity contribution in [2.24, 2.45) is 0 Å². The van der Waals surface area contributed by atoms with E-state index in [0.717, 1.165) is 49.0 Å². The van der Waals surface area contributed by atoms with E-state index in [1.807, 2.05) is 13.0 Å². The van der Waals surface area contributed by atoms with Crippen molar-refractivity contribution < 1.29 is 13.2 Å². The van der Waals surface area contributed by atoms with Crippen LogP contribution in [0.15, 0.2) is 24.4 Å². The van der Waals surface area contributed by atoms with Gasteiger partial charge in [0.05, 0.1) is 6.54 Å². The number of anilines is 2. The van der Waals surface area contributed by atoms with Gasteiger partial charge in [-0.3, -0.25) is 4.68 Å². The number of aromatic nitrogens is 4. The summed E-state index contributed by atoms with van der Waals surface area (Å²) in [5, 5.41) is 8.75. The summed E-state index contributed by atoms with van der Waals surface area (Å²) in [6, 6.07) is 4.07. The van der Waals surface area contributed by atoms with Crippen molar-refractivity contribution in [3.8, 4) is 0 Å². The highest BCUT2D eigenvalue weighted by Gasteiger charge is 2.22. The van der Waals surface area contributed by atoms with Gasteiger partial charge in [0.2, 0.25) is 5.13 Å². The summed E-state index contributed by atoms with van der Waals surface area (Å²) in [4.78, 5) is 6.66. The van der Waals surface area contributed by atoms with Crippen molar-refractivity contribution in [2.45, 2.75) is 32.4 Å². The van der Waals surface area contributed by atoms with E-state index in [1.54, 1.807) is 10.9 Å². The lowest BCUT2D eigenvalue weighted by Crippen LogP contribution is -2.39. The van der Waals surface area contributed by atoms with Crippen LogP contribution in [-0.2, 0) is 6.54 Å². The van der Waals surface area contributed by atoms with E-state index in [9.17, 15) is 13.2 Å². The third-order valence-corrected chi connectivity index (χ3v) is 5.53. The Hall–Kier alpha value is -2.62. The molecule has 0 aliphatic carbocycles. The van der Waals surface area contributed by atoms with E-state index in [1.165, 1.54) is 11.5 Å². The molecule has 0 spiro atoms. The monoisotopic (exact) mass is 408 g/mol. The summed E-state index contributed by atoms with van der Waals surface area (Å²) < 4.78 is 45.5. The Balaban J connectivity index is 1.33. The Kier molecular flexibility index (Phi) is 5.21. The molecule has 1 saturated heterocycles. The lowest BCUT2D eigenvalue weighted by Gasteiger charge is -2.31. The molecule has 10 heteroatoms. The number of hydrogen-bond acceptors (Lipinski definition) is 6. The summed E-state index contributed by atoms with van der Waals surface area (Å²) >= 11 is 1.42. The van der Waals surface area contributed by atoms with Crippen LogP contribution in [0.1, 0.15) is 24.2 Å². The fourth-order valence-corrected chi connectivity index (χ4v) is 3.98. The average molecular weight is 408 g/mol. The van der Waals surface area contributed by atoms with Gasteiger partial charge >= 0.3 is 0 Å². The Morgan fingerprint density at radius 3 is 2.54 bits per heavy atom. The number of hydrogen-bond donors (Lipinski definition) is 1. The van der Waals surface area contributed by atoms with Crippen molar-refractivity contribution in [3.05, 3.63) is 53.2 Å². The Labute approximate surface area is 164 Å². The van der Waals surface area contributed by atoms with Gasteiger partial charge in [0, 0.05) is 42.9 Å². The molecule has 1 aliphatic heterocycles. The maximum absolute atomic E-state index is 13.3. The van der Waals surface area contributed by atoms with Gasteiger partial charge in [0.25, 0.3) is 0 Å². The Morgan fingerprint density at radius 1 is 1.18 bits per heavy atom. The second kappa shape index (κ2) is 7.78. The van der Waals surface area contributed by atoms with E-state index < -0.39 is 17.5 Å². The molecule has 6 nitrogen and oxygen atoms in total. The number of aryl methyl sites for hydroxylation is 1. The quantitative estimate of drug-likeness (QED) is 0.654. The zero-order chi connectivity index (χ0) is 19.7. The van der Waals surface area contributed by atoms with Gasteiger partial charge in [-0.1, -0.05) is 0 Å². The third-order valence-electron chi connectivity index (χ3n) is 4.66. The topological polar surface area (TPSA) is 58.9 Å². The molecule has 1 fully saturated rings. The van der Waals surface area contributed by atoms with Crippen LogP contribution < -0.4 is 10.2 Å². The third kappa shape index (κ3) is 4.11. The van der Waals surface area contributed by atoms with Gasteiger partial charge in [-0.05, 0) is 37.5 Å². The Morgan fingerprint density at radius 2 is 1.89 bits per heavy atom. The van der Waals surface area contributed by atoms with Gasteiger partial charge < -0.3 is 10.2 Å². The second-order valence-electron chi connectivity index (χ2n) is 6.80. The molecule has 0 radical (unpaired) electrons. The molecule has 3 aromatic rings. The predicted octanol–water partition coefficient (Wildman–Crippen LogP) is 3.59. The molecule has 148 valence electrons. The average Bonchev–Trinajstić information content (AvgIpc) is 3.29. The summed E-state index contributed by atoms with van der Waals surface area (Å²) in [5.41, 5.74) is 0.312. The van der Waals surface area contributed by atoms with Crippen LogP contribution in [0.25, 0.3) is 0 Å². The first-order chi connectivity index (χ1) is 13.5. The highest BCUT2D eigenvalue weighted by atomic mass is 32.1. The molecule has 2 aromatic heterocycles. The lowest BCUT2D eigenvalue weighted by atomic mass is 10.1.